The van der Waals surface area contributed by atoms with Gasteiger partial charge in [-0.3, -0.25) is 4.90 Å². The fraction of sp³-hybridized carbons (Fsp3) is 0.250. The Hall–Kier alpha value is -2.20. The number of nitrogens with one attached hydrogen (secondary N) is 1. The Kier molecular flexibility index (Phi) is 1.83. The highest BCUT2D eigenvalue weighted by Gasteiger charge is 2.39. The molecule has 20 heavy (non-hydrogen) atoms. The van der Waals surface area contributed by atoms with E-state index in [0.29, 0.717) is 18.6 Å². The Morgan fingerprint density at radius 2 is 2.00 bits per heavy atom. The monoisotopic (exact) mass is 268 g/mol. The zero-order chi connectivity index (χ0) is 13.3. The van der Waals surface area contributed by atoms with Gasteiger partial charge >= 0.3 is 0 Å². The van der Waals surface area contributed by atoms with Gasteiger partial charge in [0.2, 0.25) is 6.79 Å². The molecule has 5 rings (SSSR count). The second kappa shape index (κ2) is 3.46. The van der Waals surface area contributed by atoms with Crippen molar-refractivity contribution in [3.63, 3.8) is 0 Å². The number of allylic oxidation sites excluding steroid dienone is 1. The molecule has 0 aromatic heterocycles. The summed E-state index contributed by atoms with van der Waals surface area (Å²) in [7, 11) is 0. The van der Waals surface area contributed by atoms with Gasteiger partial charge in [0.05, 0.1) is 6.54 Å². The summed E-state index contributed by atoms with van der Waals surface area (Å²) in [5.74, 6) is 1.98. The maximum Gasteiger partial charge on any atom is 0.231 e. The zero-order valence-corrected chi connectivity index (χ0v) is 10.8. The van der Waals surface area contributed by atoms with Crippen LogP contribution in [0.15, 0.2) is 35.6 Å². The first-order valence-electron chi connectivity index (χ1n) is 6.92. The summed E-state index contributed by atoms with van der Waals surface area (Å²) in [6, 6.07) is 4.46. The molecule has 2 atom stereocenters. The lowest BCUT2D eigenvalue weighted by molar-refractivity contribution is -0.818. The second-order valence-electron chi connectivity index (χ2n) is 5.69. The maximum absolute atomic E-state index is 9.98. The molecule has 0 bridgehead atoms. The van der Waals surface area contributed by atoms with Crippen molar-refractivity contribution in [2.24, 2.45) is 0 Å². The van der Waals surface area contributed by atoms with E-state index in [9.17, 15) is 5.11 Å². The van der Waals surface area contributed by atoms with E-state index in [4.69, 9.17) is 9.47 Å². The van der Waals surface area contributed by atoms with Crippen molar-refractivity contribution in [3.05, 3.63) is 46.1 Å². The molecule has 2 N–H and O–H groups in total. The summed E-state index contributed by atoms with van der Waals surface area (Å²) >= 11 is 0. The zero-order valence-electron chi connectivity index (χ0n) is 10.8. The molecule has 4 heteroatoms. The second-order valence-corrected chi connectivity index (χ2v) is 5.69. The topological polar surface area (TPSA) is 43.1 Å². The fourth-order valence-electron chi connectivity index (χ4n) is 3.76. The van der Waals surface area contributed by atoms with Crippen molar-refractivity contribution in [3.8, 4) is 11.5 Å². The minimum atomic E-state index is 0.291. The molecule has 4 nitrogen and oxygen atoms in total. The molecule has 0 saturated carbocycles. The Morgan fingerprint density at radius 1 is 1.15 bits per heavy atom. The van der Waals surface area contributed by atoms with Crippen LogP contribution in [-0.4, -0.2) is 24.5 Å². The van der Waals surface area contributed by atoms with E-state index in [0.717, 1.165) is 29.7 Å². The van der Waals surface area contributed by atoms with Crippen molar-refractivity contribution in [1.82, 2.24) is 0 Å². The number of quaternary nitrogens is 1. The quantitative estimate of drug-likeness (QED) is 0.657. The number of aliphatic hydroxyl groups is 1. The summed E-state index contributed by atoms with van der Waals surface area (Å²) in [4.78, 5) is 1.45. The molecule has 100 valence electrons. The lowest BCUT2D eigenvalue weighted by Crippen LogP contribution is -3.10. The van der Waals surface area contributed by atoms with Crippen LogP contribution >= 0.6 is 0 Å². The van der Waals surface area contributed by atoms with Crippen molar-refractivity contribution < 1.29 is 19.5 Å². The molecule has 0 amide bonds. The van der Waals surface area contributed by atoms with E-state index in [2.05, 4.69) is 12.3 Å². The molecule has 0 radical (unpaired) electrons. The van der Waals surface area contributed by atoms with Crippen LogP contribution < -0.4 is 24.8 Å². The molecule has 1 fully saturated rings. The molecule has 1 saturated heterocycles. The van der Waals surface area contributed by atoms with E-state index >= 15 is 0 Å². The Labute approximate surface area is 115 Å². The highest BCUT2D eigenvalue weighted by Crippen LogP contribution is 2.30. The molecule has 1 aliphatic carbocycles. The van der Waals surface area contributed by atoms with E-state index in [-0.39, 0.29) is 0 Å². The molecule has 3 heterocycles. The average molecular weight is 268 g/mol. The molecule has 3 aliphatic heterocycles. The smallest absolute Gasteiger partial charge is 0.231 e. The predicted octanol–water partition coefficient (Wildman–Crippen LogP) is -0.643. The van der Waals surface area contributed by atoms with Crippen LogP contribution in [0.1, 0.15) is 6.42 Å². The van der Waals surface area contributed by atoms with Gasteiger partial charge < -0.3 is 14.6 Å². The largest absolute Gasteiger partial charge is 0.508 e. The van der Waals surface area contributed by atoms with E-state index in [1.165, 1.54) is 21.3 Å². The molecule has 0 spiro atoms. The first kappa shape index (κ1) is 10.6. The maximum atomic E-state index is 9.98. The van der Waals surface area contributed by atoms with Crippen molar-refractivity contribution in [2.75, 3.05) is 13.3 Å². The van der Waals surface area contributed by atoms with Crippen LogP contribution in [0.4, 0.5) is 0 Å². The molecule has 1 aromatic carbocycles. The highest BCUT2D eigenvalue weighted by molar-refractivity contribution is 5.71. The van der Waals surface area contributed by atoms with E-state index in [1.54, 1.807) is 0 Å². The van der Waals surface area contributed by atoms with Crippen LogP contribution in [0.2, 0.25) is 0 Å². The van der Waals surface area contributed by atoms with Gasteiger partial charge in [0, 0.05) is 28.0 Å². The standard InChI is InChI=1S/C16H13NO3/c18-11-3-9-1-2-17-7-10-4-14-15(20-8-19-14)6-12(10)13(5-11)16(9)17/h3-7,16,18H,1-2,8H2/p+1. The van der Waals surface area contributed by atoms with Crippen molar-refractivity contribution in [2.45, 2.75) is 12.5 Å². The third-order valence-electron chi connectivity index (χ3n) is 4.59. The average Bonchev–Trinajstić information content (AvgIpc) is 3.04. The first-order chi connectivity index (χ1) is 9.79. The van der Waals surface area contributed by atoms with E-state index in [1.807, 2.05) is 18.2 Å². The Balaban J connectivity index is 1.89. The summed E-state index contributed by atoms with van der Waals surface area (Å²) in [5, 5.41) is 12.3. The molecule has 2 unspecified atom stereocenters. The van der Waals surface area contributed by atoms with Crippen molar-refractivity contribution >= 4 is 11.8 Å². The van der Waals surface area contributed by atoms with Gasteiger partial charge in [-0.1, -0.05) is 0 Å². The predicted molar refractivity (Wildman–Crippen MR) is 72.7 cm³/mol. The molecule has 4 aliphatic rings. The number of fused-ring (bicyclic) bond motifs is 2. The third-order valence-corrected chi connectivity index (χ3v) is 4.59. The number of aliphatic hydroxyl groups excluding tert-OH is 1. The minimum absolute atomic E-state index is 0.291. The fourth-order valence-corrected chi connectivity index (χ4v) is 3.76. The number of hydrogen-bond donors (Lipinski definition) is 2. The van der Waals surface area contributed by atoms with Crippen LogP contribution in [0.5, 0.6) is 11.5 Å². The summed E-state index contributed by atoms with van der Waals surface area (Å²) < 4.78 is 11.0. The summed E-state index contributed by atoms with van der Waals surface area (Å²) in [5.41, 5.74) is 2.53. The van der Waals surface area contributed by atoms with Gasteiger partial charge in [0.1, 0.15) is 18.0 Å². The van der Waals surface area contributed by atoms with Crippen LogP contribution in [0, 0.1) is 0 Å². The van der Waals surface area contributed by atoms with E-state index < -0.39 is 0 Å². The van der Waals surface area contributed by atoms with Crippen LogP contribution in [0.3, 0.4) is 0 Å². The number of benzene rings is 1. The lowest BCUT2D eigenvalue weighted by atomic mass is 9.90. The Morgan fingerprint density at radius 3 is 2.90 bits per heavy atom. The third kappa shape index (κ3) is 1.24. The summed E-state index contributed by atoms with van der Waals surface area (Å²) in [6.45, 7) is 1.37. The minimum Gasteiger partial charge on any atom is -0.508 e. The molecular formula is C16H14NO3+. The van der Waals surface area contributed by atoms with Gasteiger partial charge in [0.15, 0.2) is 11.5 Å². The number of hydrogen-bond acceptors (Lipinski definition) is 3. The van der Waals surface area contributed by atoms with Crippen LogP contribution in [-0.2, 0) is 0 Å². The van der Waals surface area contributed by atoms with Gasteiger partial charge in [-0.25, -0.2) is 0 Å². The highest BCUT2D eigenvalue weighted by atomic mass is 16.7. The first-order valence-corrected chi connectivity index (χ1v) is 6.92. The van der Waals surface area contributed by atoms with Gasteiger partial charge in [-0.05, 0) is 24.3 Å². The molecular weight excluding hydrogens is 254 g/mol. The molecule has 1 aromatic rings. The SMILES string of the molecule is OC1=CC2=c3cc4c(cc3=C[NH+]3CCC(=C1)C23)OCO4. The van der Waals surface area contributed by atoms with Gasteiger partial charge in [-0.15, -0.1) is 0 Å². The normalized spacial score (nSPS) is 28.3. The number of rotatable bonds is 0. The lowest BCUT2D eigenvalue weighted by Gasteiger charge is -2.25. The number of ether oxygens (including phenoxy) is 2. The van der Waals surface area contributed by atoms with Crippen molar-refractivity contribution in [1.29, 1.82) is 0 Å². The van der Waals surface area contributed by atoms with Crippen LogP contribution in [0.25, 0.3) is 11.8 Å². The Bertz CT molecular complexity index is 819. The van der Waals surface area contributed by atoms with Gasteiger partial charge in [-0.2, -0.15) is 0 Å². The van der Waals surface area contributed by atoms with Gasteiger partial charge in [0.25, 0.3) is 0 Å². The summed E-state index contributed by atoms with van der Waals surface area (Å²) in [6.07, 6.45) is 7.14.